The molecule has 0 spiro atoms. The van der Waals surface area contributed by atoms with E-state index in [1.165, 1.54) is 0 Å². The van der Waals surface area contributed by atoms with E-state index in [-0.39, 0.29) is 6.10 Å². The molecule has 0 amide bonds. The van der Waals surface area contributed by atoms with Gasteiger partial charge in [0.05, 0.1) is 6.10 Å². The van der Waals surface area contributed by atoms with Crippen LogP contribution in [0.1, 0.15) is 12.5 Å². The summed E-state index contributed by atoms with van der Waals surface area (Å²) in [4.78, 5) is 0.383. The Morgan fingerprint density at radius 1 is 1.62 bits per heavy atom. The third-order valence-electron chi connectivity index (χ3n) is 2.23. The molecule has 3 nitrogen and oxygen atoms in total. The van der Waals surface area contributed by atoms with Crippen molar-refractivity contribution in [2.24, 2.45) is 5.73 Å². The molecular formula is C11H15BrN2OS. The Morgan fingerprint density at radius 2 is 2.31 bits per heavy atom. The first-order valence-electron chi connectivity index (χ1n) is 4.90. The average Bonchev–Trinajstić information content (AvgIpc) is 2.26. The minimum absolute atomic E-state index is 0.142. The number of nitrogens with two attached hydrogens (primary N) is 1. The number of benzene rings is 1. The number of nitrogens with one attached hydrogen (secondary N) is 1. The molecule has 0 aliphatic heterocycles. The van der Waals surface area contributed by atoms with Crippen LogP contribution in [0.5, 0.6) is 0 Å². The lowest BCUT2D eigenvalue weighted by Gasteiger charge is -2.15. The van der Waals surface area contributed by atoms with Gasteiger partial charge < -0.3 is 15.8 Å². The van der Waals surface area contributed by atoms with Gasteiger partial charge in [-0.3, -0.25) is 0 Å². The Labute approximate surface area is 109 Å². The monoisotopic (exact) mass is 302 g/mol. The quantitative estimate of drug-likeness (QED) is 0.821. The molecule has 3 N–H and O–H groups in total. The molecule has 5 heteroatoms. The molecule has 1 aromatic rings. The summed E-state index contributed by atoms with van der Waals surface area (Å²) >= 11 is 8.39. The fraction of sp³-hybridized carbons (Fsp3) is 0.364. The highest BCUT2D eigenvalue weighted by atomic mass is 79.9. The minimum atomic E-state index is 0.142. The highest BCUT2D eigenvalue weighted by molar-refractivity contribution is 9.10. The van der Waals surface area contributed by atoms with Gasteiger partial charge >= 0.3 is 0 Å². The Bertz CT molecular complexity index is 384. The van der Waals surface area contributed by atoms with Crippen molar-refractivity contribution >= 4 is 38.8 Å². The molecule has 1 unspecified atom stereocenters. The van der Waals surface area contributed by atoms with Crippen LogP contribution in [0.25, 0.3) is 0 Å². The predicted molar refractivity (Wildman–Crippen MR) is 75.0 cm³/mol. The second kappa shape index (κ2) is 6.18. The van der Waals surface area contributed by atoms with Crippen LogP contribution in [-0.4, -0.2) is 24.7 Å². The molecule has 0 aromatic heterocycles. The van der Waals surface area contributed by atoms with Gasteiger partial charge in [0.1, 0.15) is 4.99 Å². The summed E-state index contributed by atoms with van der Waals surface area (Å²) in [7, 11) is 1.68. The van der Waals surface area contributed by atoms with Crippen LogP contribution in [0.15, 0.2) is 22.7 Å². The van der Waals surface area contributed by atoms with Crippen molar-refractivity contribution in [3.05, 3.63) is 28.2 Å². The zero-order valence-corrected chi connectivity index (χ0v) is 11.7. The molecule has 0 fully saturated rings. The first kappa shape index (κ1) is 13.4. The van der Waals surface area contributed by atoms with Crippen molar-refractivity contribution in [2.75, 3.05) is 19.0 Å². The largest absolute Gasteiger partial charge is 0.389 e. The van der Waals surface area contributed by atoms with Gasteiger partial charge in [0.2, 0.25) is 0 Å². The number of rotatable bonds is 5. The van der Waals surface area contributed by atoms with Gasteiger partial charge in [-0.15, -0.1) is 0 Å². The molecule has 0 bridgehead atoms. The predicted octanol–water partition coefficient (Wildman–Crippen LogP) is 2.53. The second-order valence-electron chi connectivity index (χ2n) is 3.48. The number of ether oxygens (including phenoxy) is 1. The maximum absolute atomic E-state index is 5.66. The summed E-state index contributed by atoms with van der Waals surface area (Å²) in [6, 6.07) is 5.80. The molecule has 0 radical (unpaired) electrons. The molecule has 16 heavy (non-hydrogen) atoms. The topological polar surface area (TPSA) is 47.3 Å². The lowest BCUT2D eigenvalue weighted by Crippen LogP contribution is -2.20. The van der Waals surface area contributed by atoms with Gasteiger partial charge in [0.15, 0.2) is 0 Å². The third kappa shape index (κ3) is 3.73. The maximum atomic E-state index is 5.66. The van der Waals surface area contributed by atoms with Gasteiger partial charge in [-0.2, -0.15) is 0 Å². The van der Waals surface area contributed by atoms with Crippen LogP contribution in [0, 0.1) is 0 Å². The smallest absolute Gasteiger partial charge is 0.106 e. The third-order valence-corrected chi connectivity index (χ3v) is 2.94. The van der Waals surface area contributed by atoms with E-state index in [0.717, 1.165) is 15.7 Å². The Kier molecular flexibility index (Phi) is 5.18. The Balaban J connectivity index is 2.82. The SMILES string of the molecule is COC(C)CNc1ccc(Br)cc1C(N)=S. The number of methoxy groups -OCH3 is 1. The molecule has 88 valence electrons. The normalized spacial score (nSPS) is 12.2. The van der Waals surface area contributed by atoms with Crippen molar-refractivity contribution < 1.29 is 4.74 Å². The summed E-state index contributed by atoms with van der Waals surface area (Å²) in [5.41, 5.74) is 7.43. The fourth-order valence-electron chi connectivity index (χ4n) is 1.21. The van der Waals surface area contributed by atoms with Crippen LogP contribution in [-0.2, 0) is 4.74 Å². The Hall–Kier alpha value is -0.650. The van der Waals surface area contributed by atoms with Crippen LogP contribution >= 0.6 is 28.1 Å². The number of hydrogen-bond donors (Lipinski definition) is 2. The van der Waals surface area contributed by atoms with Gasteiger partial charge in [0.25, 0.3) is 0 Å². The highest BCUT2D eigenvalue weighted by Gasteiger charge is 2.07. The first-order valence-corrected chi connectivity index (χ1v) is 6.10. The van der Waals surface area contributed by atoms with E-state index < -0.39 is 0 Å². The molecule has 0 saturated heterocycles. The summed E-state index contributed by atoms with van der Waals surface area (Å²) in [5.74, 6) is 0. The summed E-state index contributed by atoms with van der Waals surface area (Å²) in [5, 5.41) is 3.26. The molecule has 0 saturated carbocycles. The zero-order valence-electron chi connectivity index (χ0n) is 9.29. The van der Waals surface area contributed by atoms with Gasteiger partial charge in [0, 0.05) is 29.4 Å². The summed E-state index contributed by atoms with van der Waals surface area (Å²) in [6.07, 6.45) is 0.142. The van der Waals surface area contributed by atoms with Crippen LogP contribution < -0.4 is 11.1 Å². The standard InChI is InChI=1S/C11H15BrN2OS/c1-7(15-2)6-14-10-4-3-8(12)5-9(10)11(13)16/h3-5,7,14H,6H2,1-2H3,(H2,13,16). The molecular weight excluding hydrogens is 288 g/mol. The molecule has 0 heterocycles. The molecule has 0 aliphatic carbocycles. The Morgan fingerprint density at radius 3 is 2.88 bits per heavy atom. The van der Waals surface area contributed by atoms with Crippen molar-refractivity contribution in [1.82, 2.24) is 0 Å². The van der Waals surface area contributed by atoms with Gasteiger partial charge in [-0.25, -0.2) is 0 Å². The first-order chi connectivity index (χ1) is 7.54. The zero-order chi connectivity index (χ0) is 12.1. The van der Waals surface area contributed by atoms with Gasteiger partial charge in [-0.05, 0) is 25.1 Å². The molecule has 0 aliphatic rings. The molecule has 1 aromatic carbocycles. The van der Waals surface area contributed by atoms with Crippen molar-refractivity contribution in [2.45, 2.75) is 13.0 Å². The van der Waals surface area contributed by atoms with E-state index >= 15 is 0 Å². The average molecular weight is 303 g/mol. The van der Waals surface area contributed by atoms with Gasteiger partial charge in [-0.1, -0.05) is 28.1 Å². The highest BCUT2D eigenvalue weighted by Crippen LogP contribution is 2.21. The number of anilines is 1. The lowest BCUT2D eigenvalue weighted by atomic mass is 10.1. The van der Waals surface area contributed by atoms with Crippen molar-refractivity contribution in [3.8, 4) is 0 Å². The van der Waals surface area contributed by atoms with E-state index in [1.54, 1.807) is 7.11 Å². The second-order valence-corrected chi connectivity index (χ2v) is 4.84. The maximum Gasteiger partial charge on any atom is 0.106 e. The van der Waals surface area contributed by atoms with Crippen molar-refractivity contribution in [1.29, 1.82) is 0 Å². The number of hydrogen-bond acceptors (Lipinski definition) is 3. The van der Waals surface area contributed by atoms with E-state index in [4.69, 9.17) is 22.7 Å². The number of halogens is 1. The fourth-order valence-corrected chi connectivity index (χ4v) is 1.74. The number of thiocarbonyl (C=S) groups is 1. The van der Waals surface area contributed by atoms with Crippen LogP contribution in [0.2, 0.25) is 0 Å². The van der Waals surface area contributed by atoms with E-state index in [0.29, 0.717) is 11.5 Å². The van der Waals surface area contributed by atoms with Crippen molar-refractivity contribution in [3.63, 3.8) is 0 Å². The minimum Gasteiger partial charge on any atom is -0.389 e. The molecule has 1 atom stereocenters. The summed E-state index contributed by atoms with van der Waals surface area (Å²) in [6.45, 7) is 2.71. The lowest BCUT2D eigenvalue weighted by molar-refractivity contribution is 0.129. The summed E-state index contributed by atoms with van der Waals surface area (Å²) < 4.78 is 6.12. The van der Waals surface area contributed by atoms with Crippen LogP contribution in [0.3, 0.4) is 0 Å². The van der Waals surface area contributed by atoms with Crippen LogP contribution in [0.4, 0.5) is 5.69 Å². The van der Waals surface area contributed by atoms with E-state index in [2.05, 4.69) is 21.2 Å². The van der Waals surface area contributed by atoms with E-state index in [9.17, 15) is 0 Å². The molecule has 1 rings (SSSR count). The van der Waals surface area contributed by atoms with E-state index in [1.807, 2.05) is 25.1 Å².